The third-order valence-electron chi connectivity index (χ3n) is 4.67. The summed E-state index contributed by atoms with van der Waals surface area (Å²) in [7, 11) is -3.78. The summed E-state index contributed by atoms with van der Waals surface area (Å²) in [4.78, 5) is 20.7. The minimum Gasteiger partial charge on any atom is -0.339 e. The van der Waals surface area contributed by atoms with Gasteiger partial charge in [0.25, 0.3) is 0 Å². The van der Waals surface area contributed by atoms with Crippen LogP contribution in [0.25, 0.3) is 0 Å². The Morgan fingerprint density at radius 3 is 2.32 bits per heavy atom. The first-order valence-corrected chi connectivity index (χ1v) is 10.9. The van der Waals surface area contributed by atoms with E-state index in [0.29, 0.717) is 18.1 Å². The summed E-state index contributed by atoms with van der Waals surface area (Å²) in [5.74, 6) is -0.221. The maximum absolute atomic E-state index is 12.7. The van der Waals surface area contributed by atoms with Gasteiger partial charge in [-0.15, -0.1) is 0 Å². The lowest BCUT2D eigenvalue weighted by Gasteiger charge is -2.36. The number of carbonyl (C=O) groups is 1. The normalized spacial score (nSPS) is 16.7. The van der Waals surface area contributed by atoms with Crippen LogP contribution >= 0.6 is 11.6 Å². The minimum absolute atomic E-state index is 0.0821. The molecule has 0 spiro atoms. The lowest BCUT2D eigenvalue weighted by Crippen LogP contribution is -2.53. The highest BCUT2D eigenvalue weighted by Crippen LogP contribution is 2.15. The largest absolute Gasteiger partial charge is 0.339 e. The predicted octanol–water partition coefficient (Wildman–Crippen LogP) is 1.75. The molecule has 28 heavy (non-hydrogen) atoms. The van der Waals surface area contributed by atoms with Crippen molar-refractivity contribution >= 4 is 27.5 Å². The molecule has 1 aromatic carbocycles. The van der Waals surface area contributed by atoms with Crippen molar-refractivity contribution in [3.8, 4) is 0 Å². The monoisotopic (exact) mass is 422 g/mol. The lowest BCUT2D eigenvalue weighted by molar-refractivity contribution is -0.134. The van der Waals surface area contributed by atoms with Crippen LogP contribution < -0.4 is 4.72 Å². The second kappa shape index (κ2) is 9.00. The minimum atomic E-state index is -3.78. The molecular weight excluding hydrogens is 400 g/mol. The quantitative estimate of drug-likeness (QED) is 0.766. The zero-order valence-electron chi connectivity index (χ0n) is 15.6. The topological polar surface area (TPSA) is 82.6 Å². The van der Waals surface area contributed by atoms with Crippen LogP contribution in [0.2, 0.25) is 5.02 Å². The summed E-state index contributed by atoms with van der Waals surface area (Å²) < 4.78 is 27.4. The number of amides is 1. The fraction of sp³-hybridized carbons (Fsp3) is 0.368. The summed E-state index contributed by atoms with van der Waals surface area (Å²) in [6.45, 7) is 4.99. The number of halogens is 1. The zero-order valence-corrected chi connectivity index (χ0v) is 17.2. The van der Waals surface area contributed by atoms with E-state index in [1.807, 2.05) is 12.1 Å². The molecule has 1 aliphatic heterocycles. The van der Waals surface area contributed by atoms with E-state index < -0.39 is 16.1 Å². The standard InChI is InChI=1S/C19H23ClN4O3S/c1-15(22-28(26,27)18-4-2-17(20)3-5-18)19(25)24-12-10-23(11-13-24)14-16-6-8-21-9-7-16/h2-9,15,22H,10-14H2,1H3/t15-/m0/s1. The predicted molar refractivity (Wildman–Crippen MR) is 107 cm³/mol. The van der Waals surface area contributed by atoms with Crippen molar-refractivity contribution in [1.82, 2.24) is 19.5 Å². The number of piperazine rings is 1. The fourth-order valence-electron chi connectivity index (χ4n) is 3.11. The molecule has 1 fully saturated rings. The first-order valence-electron chi connectivity index (χ1n) is 9.03. The van der Waals surface area contributed by atoms with Crippen molar-refractivity contribution in [2.24, 2.45) is 0 Å². The molecule has 1 aliphatic rings. The smallest absolute Gasteiger partial charge is 0.241 e. The van der Waals surface area contributed by atoms with Gasteiger partial charge in [-0.2, -0.15) is 4.72 Å². The number of nitrogens with zero attached hydrogens (tertiary/aromatic N) is 3. The van der Waals surface area contributed by atoms with Crippen molar-refractivity contribution in [3.63, 3.8) is 0 Å². The molecule has 0 aliphatic carbocycles. The van der Waals surface area contributed by atoms with Crippen molar-refractivity contribution in [2.45, 2.75) is 24.4 Å². The highest BCUT2D eigenvalue weighted by atomic mass is 35.5. The van der Waals surface area contributed by atoms with Gasteiger partial charge in [-0.25, -0.2) is 8.42 Å². The molecule has 1 saturated heterocycles. The Kier molecular flexibility index (Phi) is 6.66. The van der Waals surface area contributed by atoms with Gasteiger partial charge >= 0.3 is 0 Å². The van der Waals surface area contributed by atoms with E-state index in [1.165, 1.54) is 29.8 Å². The van der Waals surface area contributed by atoms with Crippen molar-refractivity contribution < 1.29 is 13.2 Å². The number of sulfonamides is 1. The Bertz CT molecular complexity index is 899. The highest BCUT2D eigenvalue weighted by molar-refractivity contribution is 7.89. The summed E-state index contributed by atoms with van der Waals surface area (Å²) >= 11 is 5.80. The molecule has 150 valence electrons. The molecule has 0 saturated carbocycles. The Hall–Kier alpha value is -2.00. The van der Waals surface area contributed by atoms with Crippen molar-refractivity contribution in [1.29, 1.82) is 0 Å². The van der Waals surface area contributed by atoms with Crippen LogP contribution in [0.1, 0.15) is 12.5 Å². The molecule has 7 nitrogen and oxygen atoms in total. The van der Waals surface area contributed by atoms with E-state index in [-0.39, 0.29) is 10.8 Å². The van der Waals surface area contributed by atoms with Crippen molar-refractivity contribution in [3.05, 3.63) is 59.4 Å². The van der Waals surface area contributed by atoms with Gasteiger partial charge in [0.2, 0.25) is 15.9 Å². The molecule has 0 bridgehead atoms. The average Bonchev–Trinajstić information content (AvgIpc) is 2.69. The van der Waals surface area contributed by atoms with Crippen LogP contribution in [0.15, 0.2) is 53.7 Å². The summed E-state index contributed by atoms with van der Waals surface area (Å²) in [5, 5.41) is 0.452. The molecular formula is C19H23ClN4O3S. The molecule has 1 atom stereocenters. The van der Waals surface area contributed by atoms with E-state index in [1.54, 1.807) is 24.2 Å². The fourth-order valence-corrected chi connectivity index (χ4v) is 4.43. The van der Waals surface area contributed by atoms with Crippen LogP contribution in [0, 0.1) is 0 Å². The molecule has 1 aromatic heterocycles. The number of aromatic nitrogens is 1. The number of carbonyl (C=O) groups excluding carboxylic acids is 1. The molecule has 1 N–H and O–H groups in total. The second-order valence-corrected chi connectivity index (χ2v) is 8.90. The molecule has 0 unspecified atom stereocenters. The van der Waals surface area contributed by atoms with E-state index in [2.05, 4.69) is 14.6 Å². The van der Waals surface area contributed by atoms with Gasteiger partial charge in [0.15, 0.2) is 0 Å². The van der Waals surface area contributed by atoms with Gasteiger partial charge in [0.05, 0.1) is 10.9 Å². The summed E-state index contributed by atoms with van der Waals surface area (Å²) in [5.41, 5.74) is 1.18. The van der Waals surface area contributed by atoms with E-state index >= 15 is 0 Å². The van der Waals surface area contributed by atoms with Crippen molar-refractivity contribution in [2.75, 3.05) is 26.2 Å². The maximum Gasteiger partial charge on any atom is 0.241 e. The molecule has 3 rings (SSSR count). The first kappa shape index (κ1) is 20.7. The van der Waals surface area contributed by atoms with Gasteiger partial charge in [0, 0.05) is 50.1 Å². The summed E-state index contributed by atoms with van der Waals surface area (Å²) in [6, 6.07) is 8.96. The van der Waals surface area contributed by atoms with E-state index in [4.69, 9.17) is 11.6 Å². The number of nitrogens with one attached hydrogen (secondary N) is 1. The third-order valence-corrected chi connectivity index (χ3v) is 6.47. The molecule has 0 radical (unpaired) electrons. The number of rotatable bonds is 6. The SMILES string of the molecule is C[C@H](NS(=O)(=O)c1ccc(Cl)cc1)C(=O)N1CCN(Cc2ccncc2)CC1. The van der Waals surface area contributed by atoms with E-state index in [9.17, 15) is 13.2 Å². The first-order chi connectivity index (χ1) is 13.3. The molecule has 2 heterocycles. The maximum atomic E-state index is 12.7. The van der Waals surface area contributed by atoms with E-state index in [0.717, 1.165) is 19.6 Å². The lowest BCUT2D eigenvalue weighted by atomic mass is 10.2. The Labute approximate surface area is 170 Å². The molecule has 2 aromatic rings. The average molecular weight is 423 g/mol. The van der Waals surface area contributed by atoms with Crippen LogP contribution in [-0.2, 0) is 21.4 Å². The van der Waals surface area contributed by atoms with Gasteiger partial charge in [0.1, 0.15) is 0 Å². The van der Waals surface area contributed by atoms with Gasteiger partial charge in [-0.05, 0) is 48.9 Å². The molecule has 9 heteroatoms. The highest BCUT2D eigenvalue weighted by Gasteiger charge is 2.28. The molecule has 1 amide bonds. The number of hydrogen-bond donors (Lipinski definition) is 1. The van der Waals surface area contributed by atoms with Gasteiger partial charge < -0.3 is 4.90 Å². The Morgan fingerprint density at radius 1 is 1.11 bits per heavy atom. The number of benzene rings is 1. The van der Waals surface area contributed by atoms with Gasteiger partial charge in [-0.3, -0.25) is 14.7 Å². The Balaban J connectivity index is 1.53. The second-order valence-electron chi connectivity index (χ2n) is 6.75. The third kappa shape index (κ3) is 5.29. The zero-order chi connectivity index (χ0) is 20.1. The van der Waals surface area contributed by atoms with Crippen LogP contribution in [0.4, 0.5) is 0 Å². The summed E-state index contributed by atoms with van der Waals surface area (Å²) in [6.07, 6.45) is 3.53. The van der Waals surface area contributed by atoms with Crippen LogP contribution in [0.5, 0.6) is 0 Å². The number of hydrogen-bond acceptors (Lipinski definition) is 5. The van der Waals surface area contributed by atoms with Crippen LogP contribution in [-0.4, -0.2) is 61.3 Å². The number of pyridine rings is 1. The van der Waals surface area contributed by atoms with Crippen LogP contribution in [0.3, 0.4) is 0 Å². The Morgan fingerprint density at radius 2 is 1.71 bits per heavy atom. The van der Waals surface area contributed by atoms with Gasteiger partial charge in [-0.1, -0.05) is 11.6 Å².